The largest absolute Gasteiger partial charge is 0.338 e. The molecule has 6 heteroatoms. The predicted molar refractivity (Wildman–Crippen MR) is 121 cm³/mol. The third-order valence-corrected chi connectivity index (χ3v) is 7.25. The Balaban J connectivity index is 1.20. The van der Waals surface area contributed by atoms with E-state index >= 15 is 0 Å². The van der Waals surface area contributed by atoms with Crippen molar-refractivity contribution >= 4 is 17.8 Å². The highest BCUT2D eigenvalue weighted by Gasteiger charge is 2.45. The standard InChI is InChI=1S/C26H29N3O3/c30-24(28-14-13-19-8-4-5-9-21(19)17-28)20-10-11-22-23(16-20)27-26(32)29(25(22)31)15-12-18-6-2-1-3-7-18/h1-9,20,22-23H,10-17H2,(H,27,32). The second-order valence-corrected chi connectivity index (χ2v) is 9.18. The molecule has 2 fully saturated rings. The van der Waals surface area contributed by atoms with Gasteiger partial charge >= 0.3 is 6.03 Å². The number of nitrogens with one attached hydrogen (secondary N) is 1. The van der Waals surface area contributed by atoms with Crippen molar-refractivity contribution < 1.29 is 14.4 Å². The van der Waals surface area contributed by atoms with Gasteiger partial charge in [0.1, 0.15) is 0 Å². The summed E-state index contributed by atoms with van der Waals surface area (Å²) in [7, 11) is 0. The van der Waals surface area contributed by atoms with Crippen LogP contribution in [0.3, 0.4) is 0 Å². The van der Waals surface area contributed by atoms with Crippen LogP contribution in [0.15, 0.2) is 54.6 Å². The van der Waals surface area contributed by atoms with Crippen LogP contribution in [0.5, 0.6) is 0 Å². The molecule has 0 bridgehead atoms. The number of imide groups is 1. The number of rotatable bonds is 4. The molecule has 0 aromatic heterocycles. The molecule has 2 heterocycles. The van der Waals surface area contributed by atoms with Gasteiger partial charge in [0.15, 0.2) is 0 Å². The Hall–Kier alpha value is -3.15. The fourth-order valence-electron chi connectivity index (χ4n) is 5.43. The maximum Gasteiger partial charge on any atom is 0.324 e. The molecule has 1 aliphatic carbocycles. The highest BCUT2D eigenvalue weighted by Crippen LogP contribution is 2.35. The van der Waals surface area contributed by atoms with Gasteiger partial charge in [-0.05, 0) is 48.8 Å². The first kappa shape index (κ1) is 20.7. The highest BCUT2D eigenvalue weighted by atomic mass is 16.2. The molecule has 2 aromatic carbocycles. The zero-order chi connectivity index (χ0) is 22.1. The van der Waals surface area contributed by atoms with Crippen molar-refractivity contribution in [2.75, 3.05) is 13.1 Å². The summed E-state index contributed by atoms with van der Waals surface area (Å²) in [5, 5.41) is 3.03. The maximum atomic E-state index is 13.2. The molecule has 166 valence electrons. The first-order valence-corrected chi connectivity index (χ1v) is 11.6. The molecule has 2 aromatic rings. The van der Waals surface area contributed by atoms with Crippen molar-refractivity contribution in [2.24, 2.45) is 11.8 Å². The fourth-order valence-corrected chi connectivity index (χ4v) is 5.43. The molecule has 3 atom stereocenters. The molecule has 3 unspecified atom stereocenters. The molecule has 1 N–H and O–H groups in total. The zero-order valence-corrected chi connectivity index (χ0v) is 18.2. The van der Waals surface area contributed by atoms with E-state index in [-0.39, 0.29) is 35.7 Å². The number of fused-ring (bicyclic) bond motifs is 2. The number of amides is 4. The van der Waals surface area contributed by atoms with E-state index in [1.807, 2.05) is 47.4 Å². The maximum absolute atomic E-state index is 13.2. The smallest absolute Gasteiger partial charge is 0.324 e. The van der Waals surface area contributed by atoms with Crippen LogP contribution < -0.4 is 5.32 Å². The van der Waals surface area contributed by atoms with E-state index in [2.05, 4.69) is 17.4 Å². The second-order valence-electron chi connectivity index (χ2n) is 9.18. The monoisotopic (exact) mass is 431 g/mol. The highest BCUT2D eigenvalue weighted by molar-refractivity contribution is 5.99. The summed E-state index contributed by atoms with van der Waals surface area (Å²) in [6, 6.07) is 17.6. The number of nitrogens with zero attached hydrogens (tertiary/aromatic N) is 2. The van der Waals surface area contributed by atoms with Crippen molar-refractivity contribution in [1.82, 2.24) is 15.1 Å². The molecular formula is C26H29N3O3. The number of hydrogen-bond acceptors (Lipinski definition) is 3. The van der Waals surface area contributed by atoms with Crippen LogP contribution >= 0.6 is 0 Å². The number of hydrogen-bond donors (Lipinski definition) is 1. The Bertz CT molecular complexity index is 1020. The number of benzene rings is 2. The fraction of sp³-hybridized carbons (Fsp3) is 0.423. The molecule has 5 rings (SSSR count). The van der Waals surface area contributed by atoms with Crippen molar-refractivity contribution in [1.29, 1.82) is 0 Å². The minimum absolute atomic E-state index is 0.0903. The average Bonchev–Trinajstić information content (AvgIpc) is 2.83. The lowest BCUT2D eigenvalue weighted by molar-refractivity contribution is -0.143. The molecule has 1 saturated carbocycles. The molecular weight excluding hydrogens is 402 g/mol. The zero-order valence-electron chi connectivity index (χ0n) is 18.2. The summed E-state index contributed by atoms with van der Waals surface area (Å²) >= 11 is 0. The Morgan fingerprint density at radius 2 is 1.72 bits per heavy atom. The van der Waals surface area contributed by atoms with Gasteiger partial charge in [-0.25, -0.2) is 4.79 Å². The quantitative estimate of drug-likeness (QED) is 0.809. The molecule has 3 aliphatic rings. The Kier molecular flexibility index (Phi) is 5.68. The van der Waals surface area contributed by atoms with E-state index in [1.165, 1.54) is 16.0 Å². The number of carbonyl (C=O) groups is 3. The second kappa shape index (κ2) is 8.77. The van der Waals surface area contributed by atoms with Crippen LogP contribution in [-0.2, 0) is 29.0 Å². The van der Waals surface area contributed by atoms with Gasteiger partial charge in [0.05, 0.1) is 5.92 Å². The third kappa shape index (κ3) is 4.01. The summed E-state index contributed by atoms with van der Waals surface area (Å²) < 4.78 is 0. The molecule has 32 heavy (non-hydrogen) atoms. The van der Waals surface area contributed by atoms with Crippen molar-refractivity contribution in [2.45, 2.75) is 44.7 Å². The lowest BCUT2D eigenvalue weighted by Gasteiger charge is -2.43. The number of carbonyl (C=O) groups excluding carboxylic acids is 3. The first-order chi connectivity index (χ1) is 15.6. The van der Waals surface area contributed by atoms with Crippen LogP contribution in [0.4, 0.5) is 4.79 Å². The lowest BCUT2D eigenvalue weighted by Crippen LogP contribution is -2.62. The van der Waals surface area contributed by atoms with Crippen LogP contribution in [0.2, 0.25) is 0 Å². The first-order valence-electron chi connectivity index (χ1n) is 11.6. The van der Waals surface area contributed by atoms with Crippen molar-refractivity contribution in [3.63, 3.8) is 0 Å². The van der Waals surface area contributed by atoms with Gasteiger partial charge in [-0.1, -0.05) is 54.6 Å². The molecule has 6 nitrogen and oxygen atoms in total. The van der Waals surface area contributed by atoms with Gasteiger partial charge < -0.3 is 10.2 Å². The van der Waals surface area contributed by atoms with Crippen LogP contribution in [0.1, 0.15) is 36.0 Å². The minimum Gasteiger partial charge on any atom is -0.338 e. The number of urea groups is 1. The van der Waals surface area contributed by atoms with E-state index in [1.54, 1.807) is 0 Å². The molecule has 4 amide bonds. The van der Waals surface area contributed by atoms with Crippen LogP contribution in [-0.4, -0.2) is 46.8 Å². The van der Waals surface area contributed by atoms with Crippen LogP contribution in [0.25, 0.3) is 0 Å². The normalized spacial score (nSPS) is 25.1. The van der Waals surface area contributed by atoms with E-state index in [0.717, 1.165) is 18.5 Å². The van der Waals surface area contributed by atoms with Gasteiger partial charge in [0, 0.05) is 31.6 Å². The average molecular weight is 432 g/mol. The Labute approximate surface area is 188 Å². The minimum atomic E-state index is -0.327. The van der Waals surface area contributed by atoms with E-state index in [0.29, 0.717) is 38.8 Å². The van der Waals surface area contributed by atoms with Gasteiger partial charge in [0.25, 0.3) is 0 Å². The topological polar surface area (TPSA) is 69.7 Å². The van der Waals surface area contributed by atoms with E-state index in [9.17, 15) is 14.4 Å². The summed E-state index contributed by atoms with van der Waals surface area (Å²) in [5.41, 5.74) is 3.64. The molecule has 1 saturated heterocycles. The van der Waals surface area contributed by atoms with Gasteiger partial charge in [0.2, 0.25) is 11.8 Å². The van der Waals surface area contributed by atoms with Crippen molar-refractivity contribution in [3.05, 3.63) is 71.3 Å². The van der Waals surface area contributed by atoms with Gasteiger partial charge in [-0.2, -0.15) is 0 Å². The lowest BCUT2D eigenvalue weighted by atomic mass is 9.76. The molecule has 0 spiro atoms. The van der Waals surface area contributed by atoms with Gasteiger partial charge in [-0.3, -0.25) is 14.5 Å². The summed E-state index contributed by atoms with van der Waals surface area (Å²) in [4.78, 5) is 42.3. The molecule has 2 aliphatic heterocycles. The third-order valence-electron chi connectivity index (χ3n) is 7.25. The summed E-state index contributed by atoms with van der Waals surface area (Å²) in [6.07, 6.45) is 3.42. The SMILES string of the molecule is O=C(C1CCC2C(=O)N(CCc3ccccc3)C(=O)NC2C1)N1CCc2ccccc2C1. The summed E-state index contributed by atoms with van der Waals surface area (Å²) in [5.74, 6) is -0.293. The molecule has 0 radical (unpaired) electrons. The predicted octanol–water partition coefficient (Wildman–Crippen LogP) is 3.15. The van der Waals surface area contributed by atoms with E-state index < -0.39 is 0 Å². The Morgan fingerprint density at radius 3 is 2.53 bits per heavy atom. The Morgan fingerprint density at radius 1 is 0.969 bits per heavy atom. The van der Waals surface area contributed by atoms with Crippen LogP contribution in [0, 0.1) is 11.8 Å². The summed E-state index contributed by atoms with van der Waals surface area (Å²) in [6.45, 7) is 1.77. The van der Waals surface area contributed by atoms with Gasteiger partial charge in [-0.15, -0.1) is 0 Å². The van der Waals surface area contributed by atoms with Crippen molar-refractivity contribution in [3.8, 4) is 0 Å². The van der Waals surface area contributed by atoms with E-state index in [4.69, 9.17) is 0 Å².